The molecule has 9 heteroatoms. The van der Waals surface area contributed by atoms with Crippen LogP contribution in [-0.2, 0) is 30.6 Å². The first kappa shape index (κ1) is 21.5. The molecule has 3 aromatic rings. The van der Waals surface area contributed by atoms with E-state index in [4.69, 9.17) is 0 Å². The number of carbonyl (C=O) groups is 1. The van der Waals surface area contributed by atoms with Crippen LogP contribution in [0.15, 0.2) is 61.2 Å². The second-order valence-corrected chi connectivity index (χ2v) is 6.91. The van der Waals surface area contributed by atoms with E-state index in [0.717, 1.165) is 17.2 Å². The second kappa shape index (κ2) is 9.53. The van der Waals surface area contributed by atoms with Crippen molar-refractivity contribution in [2.45, 2.75) is 25.8 Å². The average molecular weight is 417 g/mol. The highest BCUT2D eigenvalue weighted by Crippen LogP contribution is 2.32. The molecule has 0 aliphatic rings. The van der Waals surface area contributed by atoms with E-state index in [9.17, 15) is 18.0 Å². The first-order chi connectivity index (χ1) is 14.3. The Morgan fingerprint density at radius 1 is 1.13 bits per heavy atom. The third kappa shape index (κ3) is 5.90. The summed E-state index contributed by atoms with van der Waals surface area (Å²) in [5.74, 6) is -0.0710. The fraction of sp³-hybridized carbons (Fsp3) is 0.286. The first-order valence-corrected chi connectivity index (χ1v) is 9.33. The number of rotatable bonds is 8. The summed E-state index contributed by atoms with van der Waals surface area (Å²) in [6.07, 6.45) is 2.20. The number of nitrogens with zero attached hydrogens (tertiary/aromatic N) is 4. The Labute approximate surface area is 172 Å². The molecule has 158 valence electrons. The highest BCUT2D eigenvalue weighted by Gasteiger charge is 2.32. The van der Waals surface area contributed by atoms with Gasteiger partial charge < -0.3 is 10.2 Å². The fourth-order valence-electron chi connectivity index (χ4n) is 2.99. The minimum Gasteiger partial charge on any atom is -0.340 e. The molecule has 1 amide bonds. The monoisotopic (exact) mass is 417 g/mol. The van der Waals surface area contributed by atoms with Crippen molar-refractivity contribution in [2.75, 3.05) is 13.6 Å². The summed E-state index contributed by atoms with van der Waals surface area (Å²) >= 11 is 0. The van der Waals surface area contributed by atoms with Crippen LogP contribution in [0, 0.1) is 0 Å². The highest BCUT2D eigenvalue weighted by molar-refractivity contribution is 5.77. The van der Waals surface area contributed by atoms with Gasteiger partial charge in [-0.25, -0.2) is 0 Å². The molecule has 0 fully saturated rings. The van der Waals surface area contributed by atoms with Crippen LogP contribution in [-0.4, -0.2) is 39.2 Å². The Balaban J connectivity index is 1.50. The van der Waals surface area contributed by atoms with Crippen LogP contribution in [0.2, 0.25) is 0 Å². The molecule has 1 aromatic carbocycles. The molecule has 30 heavy (non-hydrogen) atoms. The van der Waals surface area contributed by atoms with Gasteiger partial charge in [-0.3, -0.25) is 14.5 Å². The van der Waals surface area contributed by atoms with Crippen LogP contribution in [0.4, 0.5) is 13.2 Å². The lowest BCUT2D eigenvalue weighted by Crippen LogP contribution is -2.34. The van der Waals surface area contributed by atoms with E-state index in [1.54, 1.807) is 42.8 Å². The van der Waals surface area contributed by atoms with Gasteiger partial charge >= 0.3 is 6.18 Å². The Morgan fingerprint density at radius 3 is 2.60 bits per heavy atom. The van der Waals surface area contributed by atoms with Crippen molar-refractivity contribution in [3.05, 3.63) is 83.4 Å². The third-order valence-electron chi connectivity index (χ3n) is 4.54. The lowest BCUT2D eigenvalue weighted by Gasteiger charge is -2.17. The normalized spacial score (nSPS) is 11.5. The zero-order valence-corrected chi connectivity index (χ0v) is 16.4. The van der Waals surface area contributed by atoms with Gasteiger partial charge in [-0.1, -0.05) is 18.2 Å². The Bertz CT molecular complexity index is 972. The standard InChI is InChI=1S/C21H22F3N5O/c1-28(13-16-6-8-25-9-7-16)20(30)12-26-10-17-11-27-29(14-17)15-18-4-2-3-5-19(18)21(22,23)24/h2-9,11,14,26H,10,12-13,15H2,1H3. The number of hydrogen-bond donors (Lipinski definition) is 1. The SMILES string of the molecule is CN(Cc1ccncc1)C(=O)CNCc1cnn(Cc2ccccc2C(F)(F)F)c1. The van der Waals surface area contributed by atoms with E-state index in [0.29, 0.717) is 13.1 Å². The number of likely N-dealkylation sites (N-methyl/N-ethyl adjacent to an activating group) is 1. The van der Waals surface area contributed by atoms with Gasteiger partial charge in [0.25, 0.3) is 0 Å². The zero-order chi connectivity index (χ0) is 21.6. The van der Waals surface area contributed by atoms with E-state index in [2.05, 4.69) is 15.4 Å². The molecule has 0 saturated heterocycles. The maximum absolute atomic E-state index is 13.1. The molecule has 0 saturated carbocycles. The van der Waals surface area contributed by atoms with E-state index >= 15 is 0 Å². The van der Waals surface area contributed by atoms with Gasteiger partial charge in [0.15, 0.2) is 0 Å². The lowest BCUT2D eigenvalue weighted by atomic mass is 10.1. The van der Waals surface area contributed by atoms with Gasteiger partial charge in [0.1, 0.15) is 0 Å². The van der Waals surface area contributed by atoms with Gasteiger partial charge in [-0.2, -0.15) is 18.3 Å². The van der Waals surface area contributed by atoms with Gasteiger partial charge in [0, 0.05) is 44.3 Å². The van der Waals surface area contributed by atoms with Crippen molar-refractivity contribution in [1.82, 2.24) is 25.0 Å². The predicted octanol–water partition coefficient (Wildman–Crippen LogP) is 3.09. The van der Waals surface area contributed by atoms with Crippen molar-refractivity contribution in [3.63, 3.8) is 0 Å². The first-order valence-electron chi connectivity index (χ1n) is 9.33. The van der Waals surface area contributed by atoms with Gasteiger partial charge in [0.05, 0.1) is 24.8 Å². The highest BCUT2D eigenvalue weighted by atomic mass is 19.4. The van der Waals surface area contributed by atoms with Crippen LogP contribution in [0.3, 0.4) is 0 Å². The molecule has 2 heterocycles. The van der Waals surface area contributed by atoms with Crippen molar-refractivity contribution in [2.24, 2.45) is 0 Å². The summed E-state index contributed by atoms with van der Waals surface area (Å²) in [4.78, 5) is 17.8. The summed E-state index contributed by atoms with van der Waals surface area (Å²) in [5, 5.41) is 7.18. The van der Waals surface area contributed by atoms with Crippen LogP contribution in [0.1, 0.15) is 22.3 Å². The summed E-state index contributed by atoms with van der Waals surface area (Å²) < 4.78 is 40.8. The van der Waals surface area contributed by atoms with E-state index in [-0.39, 0.29) is 24.6 Å². The van der Waals surface area contributed by atoms with Crippen molar-refractivity contribution < 1.29 is 18.0 Å². The number of benzene rings is 1. The van der Waals surface area contributed by atoms with Crippen molar-refractivity contribution in [3.8, 4) is 0 Å². The quantitative estimate of drug-likeness (QED) is 0.612. The maximum Gasteiger partial charge on any atom is 0.416 e. The minimum absolute atomic E-state index is 0.0171. The summed E-state index contributed by atoms with van der Waals surface area (Å²) in [5.41, 5.74) is 1.26. The molecule has 0 spiro atoms. The molecule has 0 radical (unpaired) electrons. The predicted molar refractivity (Wildman–Crippen MR) is 105 cm³/mol. The molecular weight excluding hydrogens is 395 g/mol. The van der Waals surface area contributed by atoms with E-state index in [1.807, 2.05) is 12.1 Å². The zero-order valence-electron chi connectivity index (χ0n) is 16.4. The number of amides is 1. The number of hydrogen-bond acceptors (Lipinski definition) is 4. The van der Waals surface area contributed by atoms with E-state index < -0.39 is 11.7 Å². The molecule has 2 aromatic heterocycles. The molecule has 0 aliphatic heterocycles. The van der Waals surface area contributed by atoms with Gasteiger partial charge in [-0.05, 0) is 29.3 Å². The number of pyridine rings is 1. The Hall–Kier alpha value is -3.20. The number of nitrogens with one attached hydrogen (secondary N) is 1. The Morgan fingerprint density at radius 2 is 1.87 bits per heavy atom. The van der Waals surface area contributed by atoms with Crippen LogP contribution in [0.25, 0.3) is 0 Å². The molecular formula is C21H22F3N5O. The third-order valence-corrected chi connectivity index (χ3v) is 4.54. The van der Waals surface area contributed by atoms with E-state index in [1.165, 1.54) is 16.8 Å². The van der Waals surface area contributed by atoms with Gasteiger partial charge in [0.2, 0.25) is 5.91 Å². The summed E-state index contributed by atoms with van der Waals surface area (Å²) in [7, 11) is 1.72. The fourth-order valence-corrected chi connectivity index (χ4v) is 2.99. The molecule has 3 rings (SSSR count). The van der Waals surface area contributed by atoms with Crippen molar-refractivity contribution in [1.29, 1.82) is 0 Å². The average Bonchev–Trinajstić information content (AvgIpc) is 3.15. The molecule has 6 nitrogen and oxygen atoms in total. The topological polar surface area (TPSA) is 63.1 Å². The maximum atomic E-state index is 13.1. The molecule has 0 unspecified atom stereocenters. The summed E-state index contributed by atoms with van der Waals surface area (Å²) in [6, 6.07) is 9.15. The summed E-state index contributed by atoms with van der Waals surface area (Å²) in [6.45, 7) is 1.03. The number of halogens is 3. The molecule has 0 bridgehead atoms. The Kier molecular flexibility index (Phi) is 6.83. The minimum atomic E-state index is -4.41. The number of aromatic nitrogens is 3. The van der Waals surface area contributed by atoms with Crippen LogP contribution >= 0.6 is 0 Å². The van der Waals surface area contributed by atoms with Crippen LogP contribution in [0.5, 0.6) is 0 Å². The second-order valence-electron chi connectivity index (χ2n) is 6.91. The molecule has 1 N–H and O–H groups in total. The van der Waals surface area contributed by atoms with Crippen LogP contribution < -0.4 is 5.32 Å². The van der Waals surface area contributed by atoms with Gasteiger partial charge in [-0.15, -0.1) is 0 Å². The number of alkyl halides is 3. The largest absolute Gasteiger partial charge is 0.416 e. The lowest BCUT2D eigenvalue weighted by molar-refractivity contribution is -0.138. The molecule has 0 atom stereocenters. The smallest absolute Gasteiger partial charge is 0.340 e. The van der Waals surface area contributed by atoms with Crippen molar-refractivity contribution >= 4 is 5.91 Å². The number of carbonyl (C=O) groups excluding carboxylic acids is 1. The molecule has 0 aliphatic carbocycles.